The van der Waals surface area contributed by atoms with Crippen molar-refractivity contribution < 1.29 is 73.8 Å². The van der Waals surface area contributed by atoms with Gasteiger partial charge in [-0.2, -0.15) is 0 Å². The molecule has 0 saturated carbocycles. The maximum Gasteiger partial charge on any atom is 0.306 e. The molecule has 2 fully saturated rings. The average molecular weight is 1030 g/mol. The van der Waals surface area contributed by atoms with Crippen LogP contribution in [0.15, 0.2) is 24.3 Å². The third-order valence-corrected chi connectivity index (χ3v) is 13.9. The van der Waals surface area contributed by atoms with E-state index in [1.807, 2.05) is 0 Å². The largest absolute Gasteiger partial charge is 0.462 e. The maximum atomic E-state index is 13.1. The summed E-state index contributed by atoms with van der Waals surface area (Å²) in [5, 5.41) is 72.3. The summed E-state index contributed by atoms with van der Waals surface area (Å²) in [6.45, 7) is 2.61. The Kier molecular flexibility index (Phi) is 40.5. The molecule has 11 atom stereocenters. The number of unbranched alkanes of at least 4 members (excludes halogenated alkanes) is 28. The zero-order chi connectivity index (χ0) is 52.4. The second-order valence-corrected chi connectivity index (χ2v) is 20.5. The van der Waals surface area contributed by atoms with Gasteiger partial charge in [-0.15, -0.1) is 0 Å². The zero-order valence-corrected chi connectivity index (χ0v) is 44.9. The van der Waals surface area contributed by atoms with Crippen LogP contribution in [0.2, 0.25) is 0 Å². The van der Waals surface area contributed by atoms with E-state index in [9.17, 15) is 45.3 Å². The molecule has 2 aliphatic heterocycles. The minimum atomic E-state index is -1.76. The monoisotopic (exact) mass is 1030 g/mol. The summed E-state index contributed by atoms with van der Waals surface area (Å²) >= 11 is 0. The summed E-state index contributed by atoms with van der Waals surface area (Å²) in [7, 11) is 0. The Balaban J connectivity index is 1.76. The Hall–Kier alpha value is -2.02. The molecule has 0 radical (unpaired) electrons. The lowest BCUT2D eigenvalue weighted by atomic mass is 9.98. The quantitative estimate of drug-likeness (QED) is 0.0171. The molecule has 2 rings (SSSR count). The number of allylic oxidation sites excluding steroid dienone is 4. The van der Waals surface area contributed by atoms with Crippen LogP contribution in [-0.2, 0) is 38.0 Å². The van der Waals surface area contributed by atoms with Gasteiger partial charge >= 0.3 is 11.9 Å². The van der Waals surface area contributed by atoms with Gasteiger partial charge < -0.3 is 64.2 Å². The topological polar surface area (TPSA) is 231 Å². The number of ether oxygens (including phenoxy) is 6. The molecule has 0 amide bonds. The smallest absolute Gasteiger partial charge is 0.306 e. The predicted octanol–water partition coefficient (Wildman–Crippen LogP) is 9.50. The van der Waals surface area contributed by atoms with Crippen molar-refractivity contribution in [3.63, 3.8) is 0 Å². The molecule has 2 heterocycles. The Morgan fingerprint density at radius 2 is 0.792 bits per heavy atom. The predicted molar refractivity (Wildman–Crippen MR) is 280 cm³/mol. The van der Waals surface area contributed by atoms with Crippen LogP contribution in [0.5, 0.6) is 0 Å². The van der Waals surface area contributed by atoms with E-state index in [0.717, 1.165) is 57.8 Å². The van der Waals surface area contributed by atoms with Gasteiger partial charge in [-0.25, -0.2) is 0 Å². The molecule has 2 saturated heterocycles. The van der Waals surface area contributed by atoms with Crippen LogP contribution in [-0.4, -0.2) is 142 Å². The van der Waals surface area contributed by atoms with Gasteiger partial charge in [-0.3, -0.25) is 9.59 Å². The number of esters is 2. The third kappa shape index (κ3) is 31.1. The van der Waals surface area contributed by atoms with Crippen molar-refractivity contribution in [3.05, 3.63) is 24.3 Å². The summed E-state index contributed by atoms with van der Waals surface area (Å²) in [6.07, 6.45) is 30.5. The third-order valence-electron chi connectivity index (χ3n) is 13.9. The molecule has 2 aliphatic rings. The summed E-state index contributed by atoms with van der Waals surface area (Å²) in [5.41, 5.74) is 0. The fraction of sp³-hybridized carbons (Fsp3) is 0.895. The highest BCUT2D eigenvalue weighted by molar-refractivity contribution is 5.70. The summed E-state index contributed by atoms with van der Waals surface area (Å²) in [4.78, 5) is 25.9. The van der Waals surface area contributed by atoms with Crippen LogP contribution in [0, 0.1) is 0 Å². The van der Waals surface area contributed by atoms with E-state index in [0.29, 0.717) is 12.8 Å². The number of carbonyl (C=O) groups is 2. The molecular formula is C57H104O15. The van der Waals surface area contributed by atoms with Crippen LogP contribution >= 0.6 is 0 Å². The van der Waals surface area contributed by atoms with E-state index in [1.165, 1.54) is 135 Å². The molecule has 0 aliphatic carbocycles. The lowest BCUT2D eigenvalue weighted by Crippen LogP contribution is -2.61. The van der Waals surface area contributed by atoms with E-state index in [1.54, 1.807) is 0 Å². The van der Waals surface area contributed by atoms with Gasteiger partial charge in [0.15, 0.2) is 18.7 Å². The fourth-order valence-corrected chi connectivity index (χ4v) is 9.15. The standard InChI is InChI=1S/C57H104O15/c1-3-5-7-9-11-13-15-17-19-21-23-25-27-29-31-33-35-37-39-48(59)67-42-45(70-49(60)40-38-36-34-32-30-28-26-24-22-20-18-16-14-12-10-8-6-4-2)43-68-56-55(66)53(64)51(62)47(72-56)44-69-57-54(65)52(63)50(61)46(41-58)71-57/h19-22,45-47,50-58,61-66H,3-18,23-44H2,1-2H3/b21-19-,22-20-. The number of aliphatic hydroxyl groups is 7. The molecular weight excluding hydrogens is 925 g/mol. The van der Waals surface area contributed by atoms with Gasteiger partial charge in [-0.05, 0) is 64.2 Å². The molecule has 72 heavy (non-hydrogen) atoms. The molecule has 0 bridgehead atoms. The molecule has 0 aromatic heterocycles. The highest BCUT2D eigenvalue weighted by atomic mass is 16.7. The average Bonchev–Trinajstić information content (AvgIpc) is 3.37. The van der Waals surface area contributed by atoms with Crippen molar-refractivity contribution in [1.82, 2.24) is 0 Å². The van der Waals surface area contributed by atoms with E-state index < -0.39 is 92.7 Å². The molecule has 0 spiro atoms. The van der Waals surface area contributed by atoms with Gasteiger partial charge in [0.1, 0.15) is 55.4 Å². The Morgan fingerprint density at radius 1 is 0.431 bits per heavy atom. The van der Waals surface area contributed by atoms with Gasteiger partial charge in [-0.1, -0.05) is 179 Å². The maximum absolute atomic E-state index is 13.1. The van der Waals surface area contributed by atoms with Gasteiger partial charge in [0.2, 0.25) is 0 Å². The molecule has 0 aromatic rings. The highest BCUT2D eigenvalue weighted by Crippen LogP contribution is 2.27. The van der Waals surface area contributed by atoms with Gasteiger partial charge in [0.05, 0.1) is 19.8 Å². The first-order chi connectivity index (χ1) is 35.0. The van der Waals surface area contributed by atoms with Crippen LogP contribution in [0.3, 0.4) is 0 Å². The van der Waals surface area contributed by atoms with E-state index in [4.69, 9.17) is 28.4 Å². The van der Waals surface area contributed by atoms with Crippen molar-refractivity contribution in [2.75, 3.05) is 26.4 Å². The number of rotatable bonds is 46. The number of hydrogen-bond acceptors (Lipinski definition) is 15. The molecule has 11 unspecified atom stereocenters. The summed E-state index contributed by atoms with van der Waals surface area (Å²) in [5.74, 6) is -0.925. The van der Waals surface area contributed by atoms with Gasteiger partial charge in [0.25, 0.3) is 0 Å². The highest BCUT2D eigenvalue weighted by Gasteiger charge is 2.47. The summed E-state index contributed by atoms with van der Waals surface area (Å²) < 4.78 is 33.7. The Bertz CT molecular complexity index is 1350. The van der Waals surface area contributed by atoms with Crippen LogP contribution < -0.4 is 0 Å². The molecule has 15 nitrogen and oxygen atoms in total. The minimum absolute atomic E-state index is 0.162. The van der Waals surface area contributed by atoms with E-state index >= 15 is 0 Å². The van der Waals surface area contributed by atoms with Crippen LogP contribution in [0.1, 0.15) is 232 Å². The lowest BCUT2D eigenvalue weighted by Gasteiger charge is -2.42. The molecule has 15 heteroatoms. The zero-order valence-electron chi connectivity index (χ0n) is 44.9. The molecule has 7 N–H and O–H groups in total. The first-order valence-electron chi connectivity index (χ1n) is 28.9. The first-order valence-corrected chi connectivity index (χ1v) is 28.9. The Labute approximate surface area is 434 Å². The molecule has 0 aromatic carbocycles. The second kappa shape index (κ2) is 44.1. The second-order valence-electron chi connectivity index (χ2n) is 20.5. The number of hydrogen-bond donors (Lipinski definition) is 7. The number of aliphatic hydroxyl groups excluding tert-OH is 7. The van der Waals surface area contributed by atoms with E-state index in [2.05, 4.69) is 38.2 Å². The van der Waals surface area contributed by atoms with Crippen molar-refractivity contribution in [2.45, 2.75) is 300 Å². The molecule has 422 valence electrons. The lowest BCUT2D eigenvalue weighted by molar-refractivity contribution is -0.332. The van der Waals surface area contributed by atoms with Gasteiger partial charge in [0, 0.05) is 12.8 Å². The van der Waals surface area contributed by atoms with Crippen molar-refractivity contribution in [3.8, 4) is 0 Å². The fourth-order valence-electron chi connectivity index (χ4n) is 9.15. The van der Waals surface area contributed by atoms with Crippen molar-refractivity contribution >= 4 is 11.9 Å². The normalized spacial score (nSPS) is 25.1. The van der Waals surface area contributed by atoms with Crippen LogP contribution in [0.25, 0.3) is 0 Å². The van der Waals surface area contributed by atoms with Crippen LogP contribution in [0.4, 0.5) is 0 Å². The summed E-state index contributed by atoms with van der Waals surface area (Å²) in [6, 6.07) is 0. The SMILES string of the molecule is CCCCCCCCC/C=C\CCCCCCCCCC(=O)OCC(COC1OC(COC2OC(CO)C(O)C(O)C2O)C(O)C(O)C1O)OC(=O)CCCCCCCCC/C=C\CCCCCCCCC. The minimum Gasteiger partial charge on any atom is -0.462 e. The van der Waals surface area contributed by atoms with Crippen molar-refractivity contribution in [2.24, 2.45) is 0 Å². The first kappa shape index (κ1) is 66.1. The Morgan fingerprint density at radius 3 is 1.22 bits per heavy atom. The number of carbonyl (C=O) groups excluding carboxylic acids is 2. The van der Waals surface area contributed by atoms with Crippen molar-refractivity contribution in [1.29, 1.82) is 0 Å². The van der Waals surface area contributed by atoms with E-state index in [-0.39, 0.29) is 26.1 Å².